The molecule has 7 nitrogen and oxygen atoms in total. The van der Waals surface area contributed by atoms with Crippen molar-refractivity contribution in [3.05, 3.63) is 29.8 Å². The van der Waals surface area contributed by atoms with Gasteiger partial charge in [-0.05, 0) is 24.3 Å². The zero-order valence-corrected chi connectivity index (χ0v) is 18.1. The van der Waals surface area contributed by atoms with Gasteiger partial charge >= 0.3 is 5.97 Å². The Morgan fingerprint density at radius 1 is 1.20 bits per heavy atom. The molecule has 0 radical (unpaired) electrons. The van der Waals surface area contributed by atoms with Gasteiger partial charge in [-0.1, -0.05) is 44.9 Å². The predicted octanol–water partition coefficient (Wildman–Crippen LogP) is 2.53. The van der Waals surface area contributed by atoms with Crippen LogP contribution in [0.1, 0.15) is 45.1 Å². The molecule has 1 aromatic rings. The van der Waals surface area contributed by atoms with E-state index in [1.807, 2.05) is 29.2 Å². The van der Waals surface area contributed by atoms with Gasteiger partial charge in [-0.25, -0.2) is 0 Å². The van der Waals surface area contributed by atoms with E-state index in [0.29, 0.717) is 24.1 Å². The molecule has 1 N–H and O–H groups in total. The van der Waals surface area contributed by atoms with Gasteiger partial charge in [0.2, 0.25) is 5.91 Å². The Morgan fingerprint density at radius 3 is 2.73 bits per heavy atom. The maximum absolute atomic E-state index is 12.5. The molecule has 0 unspecified atom stereocenters. The molecule has 1 saturated heterocycles. The van der Waals surface area contributed by atoms with E-state index in [1.165, 1.54) is 6.42 Å². The minimum atomic E-state index is -0.496. The molecular formula is C23H32N2O5. The Labute approximate surface area is 178 Å². The van der Waals surface area contributed by atoms with Crippen molar-refractivity contribution in [2.75, 3.05) is 20.3 Å². The van der Waals surface area contributed by atoms with Crippen LogP contribution in [0.25, 0.3) is 0 Å². The molecule has 2 aliphatic rings. The van der Waals surface area contributed by atoms with Crippen LogP contribution < -0.4 is 10.1 Å². The number of nitrogens with one attached hydrogen (secondary N) is 1. The highest BCUT2D eigenvalue weighted by Crippen LogP contribution is 2.35. The van der Waals surface area contributed by atoms with Crippen LogP contribution in [0.5, 0.6) is 5.75 Å². The van der Waals surface area contributed by atoms with Gasteiger partial charge in [-0.3, -0.25) is 14.4 Å². The van der Waals surface area contributed by atoms with E-state index in [0.717, 1.165) is 18.4 Å². The molecule has 1 aromatic carbocycles. The van der Waals surface area contributed by atoms with Gasteiger partial charge in [0.1, 0.15) is 5.75 Å². The van der Waals surface area contributed by atoms with Crippen molar-refractivity contribution in [2.45, 2.75) is 52.1 Å². The second kappa shape index (κ2) is 9.96. The molecule has 0 aromatic heterocycles. The monoisotopic (exact) mass is 416 g/mol. The highest BCUT2D eigenvalue weighted by atomic mass is 16.5. The average molecular weight is 417 g/mol. The largest absolute Gasteiger partial charge is 0.496 e. The summed E-state index contributed by atoms with van der Waals surface area (Å²) in [6.07, 6.45) is 3.46. The molecule has 0 spiro atoms. The van der Waals surface area contributed by atoms with Gasteiger partial charge in [-0.2, -0.15) is 0 Å². The fraction of sp³-hybridized carbons (Fsp3) is 0.609. The molecule has 30 heavy (non-hydrogen) atoms. The minimum Gasteiger partial charge on any atom is -0.496 e. The SMILES string of the molecule is COc1ccccc1CNC(=O)COC(=O)[C@@H]1CC(=O)N([C@H]2CCC[C@H](C)[C@H]2C)C1. The molecule has 7 heteroatoms. The van der Waals surface area contributed by atoms with E-state index >= 15 is 0 Å². The fourth-order valence-corrected chi connectivity index (χ4v) is 4.55. The van der Waals surface area contributed by atoms with Gasteiger partial charge in [-0.15, -0.1) is 0 Å². The Kier molecular flexibility index (Phi) is 7.34. The summed E-state index contributed by atoms with van der Waals surface area (Å²) in [5.74, 6) is 0.353. The van der Waals surface area contributed by atoms with Gasteiger partial charge in [0.25, 0.3) is 5.91 Å². The third-order valence-corrected chi connectivity index (χ3v) is 6.57. The number of ether oxygens (including phenoxy) is 2. The number of para-hydroxylation sites is 1. The standard InChI is InChI=1S/C23H32N2O5/c1-15-7-6-9-19(16(15)2)25-13-18(11-22(25)27)23(28)30-14-21(26)24-12-17-8-4-5-10-20(17)29-3/h4-5,8,10,15-16,18-19H,6-7,9,11-14H2,1-3H3,(H,24,26)/t15-,16+,18+,19-/m0/s1. The van der Waals surface area contributed by atoms with Crippen molar-refractivity contribution in [1.82, 2.24) is 10.2 Å². The summed E-state index contributed by atoms with van der Waals surface area (Å²) in [6.45, 7) is 4.75. The van der Waals surface area contributed by atoms with Gasteiger partial charge in [0.05, 0.1) is 13.0 Å². The van der Waals surface area contributed by atoms with E-state index in [2.05, 4.69) is 19.2 Å². The minimum absolute atomic E-state index is 0.0172. The van der Waals surface area contributed by atoms with Crippen LogP contribution in [0.3, 0.4) is 0 Å². The number of hydrogen-bond donors (Lipinski definition) is 1. The number of nitrogens with zero attached hydrogens (tertiary/aromatic N) is 1. The number of esters is 1. The molecule has 1 aliphatic heterocycles. The molecular weight excluding hydrogens is 384 g/mol. The van der Waals surface area contributed by atoms with Crippen LogP contribution in [0, 0.1) is 17.8 Å². The number of amides is 2. The highest BCUT2D eigenvalue weighted by molar-refractivity contribution is 5.88. The average Bonchev–Trinajstić information content (AvgIpc) is 3.14. The molecule has 2 amide bonds. The Morgan fingerprint density at radius 2 is 1.97 bits per heavy atom. The smallest absolute Gasteiger partial charge is 0.311 e. The molecule has 1 heterocycles. The van der Waals surface area contributed by atoms with E-state index in [-0.39, 0.29) is 37.4 Å². The van der Waals surface area contributed by atoms with Crippen molar-refractivity contribution in [3.8, 4) is 5.75 Å². The quantitative estimate of drug-likeness (QED) is 0.691. The summed E-state index contributed by atoms with van der Waals surface area (Å²) in [7, 11) is 1.57. The number of benzene rings is 1. The topological polar surface area (TPSA) is 84.9 Å². The Bertz CT molecular complexity index is 781. The first kappa shape index (κ1) is 22.1. The third kappa shape index (κ3) is 5.12. The Hall–Kier alpha value is -2.57. The van der Waals surface area contributed by atoms with Crippen molar-refractivity contribution in [2.24, 2.45) is 17.8 Å². The maximum atomic E-state index is 12.5. The number of carbonyl (C=O) groups excluding carboxylic acids is 3. The van der Waals surface area contributed by atoms with Crippen LogP contribution in [0.15, 0.2) is 24.3 Å². The van der Waals surface area contributed by atoms with Crippen molar-refractivity contribution >= 4 is 17.8 Å². The normalized spacial score (nSPS) is 26.4. The summed E-state index contributed by atoms with van der Waals surface area (Å²) in [6, 6.07) is 7.59. The number of hydrogen-bond acceptors (Lipinski definition) is 5. The molecule has 1 saturated carbocycles. The Balaban J connectivity index is 1.46. The second-order valence-corrected chi connectivity index (χ2v) is 8.48. The molecule has 2 fully saturated rings. The first-order chi connectivity index (χ1) is 14.4. The number of rotatable bonds is 7. The lowest BCUT2D eigenvalue weighted by atomic mass is 9.77. The number of methoxy groups -OCH3 is 1. The van der Waals surface area contributed by atoms with Crippen molar-refractivity contribution < 1.29 is 23.9 Å². The lowest BCUT2D eigenvalue weighted by Crippen LogP contribution is -2.45. The summed E-state index contributed by atoms with van der Waals surface area (Å²) < 4.78 is 10.5. The van der Waals surface area contributed by atoms with Crippen LogP contribution in [-0.2, 0) is 25.7 Å². The van der Waals surface area contributed by atoms with Gasteiger partial charge < -0.3 is 19.7 Å². The fourth-order valence-electron chi connectivity index (χ4n) is 4.55. The van der Waals surface area contributed by atoms with Gasteiger partial charge in [0, 0.05) is 31.1 Å². The molecule has 4 atom stereocenters. The van der Waals surface area contributed by atoms with E-state index < -0.39 is 11.9 Å². The number of likely N-dealkylation sites (tertiary alicyclic amines) is 1. The lowest BCUT2D eigenvalue weighted by molar-refractivity contribution is -0.152. The molecule has 164 valence electrons. The molecule has 3 rings (SSSR count). The van der Waals surface area contributed by atoms with E-state index in [4.69, 9.17) is 9.47 Å². The van der Waals surface area contributed by atoms with Gasteiger partial charge in [0.15, 0.2) is 6.61 Å². The zero-order chi connectivity index (χ0) is 21.7. The van der Waals surface area contributed by atoms with Crippen molar-refractivity contribution in [1.29, 1.82) is 0 Å². The number of carbonyl (C=O) groups is 3. The molecule has 1 aliphatic carbocycles. The van der Waals surface area contributed by atoms with Crippen LogP contribution in [-0.4, -0.2) is 49.0 Å². The predicted molar refractivity (Wildman–Crippen MR) is 112 cm³/mol. The zero-order valence-electron chi connectivity index (χ0n) is 18.1. The first-order valence-electron chi connectivity index (χ1n) is 10.8. The summed E-state index contributed by atoms with van der Waals surface area (Å²) in [4.78, 5) is 38.9. The lowest BCUT2D eigenvalue weighted by Gasteiger charge is -2.39. The van der Waals surface area contributed by atoms with Crippen LogP contribution >= 0.6 is 0 Å². The van der Waals surface area contributed by atoms with Crippen molar-refractivity contribution in [3.63, 3.8) is 0 Å². The van der Waals surface area contributed by atoms with E-state index in [1.54, 1.807) is 7.11 Å². The summed E-state index contributed by atoms with van der Waals surface area (Å²) in [5, 5.41) is 2.73. The van der Waals surface area contributed by atoms with Crippen LogP contribution in [0.2, 0.25) is 0 Å². The van der Waals surface area contributed by atoms with E-state index in [9.17, 15) is 14.4 Å². The highest BCUT2D eigenvalue weighted by Gasteiger charge is 2.42. The summed E-state index contributed by atoms with van der Waals surface area (Å²) >= 11 is 0. The summed E-state index contributed by atoms with van der Waals surface area (Å²) in [5.41, 5.74) is 0.840. The third-order valence-electron chi connectivity index (χ3n) is 6.57. The molecule has 0 bridgehead atoms. The first-order valence-corrected chi connectivity index (χ1v) is 10.8. The van der Waals surface area contributed by atoms with Crippen LogP contribution in [0.4, 0.5) is 0 Å². The maximum Gasteiger partial charge on any atom is 0.311 e. The second-order valence-electron chi connectivity index (χ2n) is 8.48.